The summed E-state index contributed by atoms with van der Waals surface area (Å²) in [5.41, 5.74) is 3.49. The molecule has 4 rings (SSSR count). The van der Waals surface area contributed by atoms with Gasteiger partial charge in [0.2, 0.25) is 5.91 Å². The van der Waals surface area contributed by atoms with Crippen LogP contribution in [0.25, 0.3) is 11.4 Å². The van der Waals surface area contributed by atoms with E-state index in [2.05, 4.69) is 22.3 Å². The van der Waals surface area contributed by atoms with Gasteiger partial charge in [0.05, 0.1) is 12.7 Å². The summed E-state index contributed by atoms with van der Waals surface area (Å²) in [4.78, 5) is 24.6. The van der Waals surface area contributed by atoms with Crippen molar-refractivity contribution in [2.45, 2.75) is 38.2 Å². The number of hydrogen-bond acceptors (Lipinski definition) is 6. The van der Waals surface area contributed by atoms with Crippen LogP contribution in [0.1, 0.15) is 30.5 Å². The molecule has 1 amide bonds. The van der Waals surface area contributed by atoms with E-state index < -0.39 is 6.10 Å². The van der Waals surface area contributed by atoms with Crippen LogP contribution < -0.4 is 10.2 Å². The summed E-state index contributed by atoms with van der Waals surface area (Å²) in [6, 6.07) is 10.1. The summed E-state index contributed by atoms with van der Waals surface area (Å²) < 4.78 is 4.90. The van der Waals surface area contributed by atoms with Gasteiger partial charge in [0.25, 0.3) is 0 Å². The maximum absolute atomic E-state index is 12.5. The highest BCUT2D eigenvalue weighted by atomic mass is 16.5. The zero-order valence-corrected chi connectivity index (χ0v) is 17.5. The zero-order chi connectivity index (χ0) is 20.9. The van der Waals surface area contributed by atoms with Crippen molar-refractivity contribution < 1.29 is 14.6 Å². The number of aryl methyl sites for hydroxylation is 1. The summed E-state index contributed by atoms with van der Waals surface area (Å²) >= 11 is 0. The lowest BCUT2D eigenvalue weighted by Crippen LogP contribution is -2.43. The van der Waals surface area contributed by atoms with Crippen LogP contribution in [0.4, 0.5) is 5.82 Å². The van der Waals surface area contributed by atoms with Crippen molar-refractivity contribution in [1.82, 2.24) is 15.3 Å². The molecule has 0 saturated carbocycles. The largest absolute Gasteiger partial charge is 0.389 e. The van der Waals surface area contributed by atoms with E-state index in [0.29, 0.717) is 0 Å². The minimum absolute atomic E-state index is 0.0164. The predicted molar refractivity (Wildman–Crippen MR) is 115 cm³/mol. The Balaban J connectivity index is 1.43. The van der Waals surface area contributed by atoms with Gasteiger partial charge in [-0.25, -0.2) is 9.97 Å². The minimum Gasteiger partial charge on any atom is -0.389 e. The van der Waals surface area contributed by atoms with Crippen LogP contribution in [0.15, 0.2) is 30.3 Å². The summed E-state index contributed by atoms with van der Waals surface area (Å²) in [7, 11) is 1.54. The molecule has 1 unspecified atom stereocenters. The Hall–Kier alpha value is -2.51. The molecule has 0 spiro atoms. The van der Waals surface area contributed by atoms with Crippen LogP contribution in [-0.4, -0.2) is 60.4 Å². The number of nitrogens with zero attached hydrogens (tertiary/aromatic N) is 3. The quantitative estimate of drug-likeness (QED) is 0.726. The third-order valence-corrected chi connectivity index (χ3v) is 5.98. The van der Waals surface area contributed by atoms with E-state index >= 15 is 0 Å². The average molecular weight is 411 g/mol. The monoisotopic (exact) mass is 410 g/mol. The first kappa shape index (κ1) is 20.8. The molecule has 1 aliphatic carbocycles. The highest BCUT2D eigenvalue weighted by Gasteiger charge is 2.29. The Labute approximate surface area is 177 Å². The molecule has 7 nitrogen and oxygen atoms in total. The van der Waals surface area contributed by atoms with Crippen LogP contribution in [0.5, 0.6) is 0 Å². The number of ether oxygens (including phenoxy) is 1. The van der Waals surface area contributed by atoms with E-state index in [1.54, 1.807) is 0 Å². The predicted octanol–water partition coefficient (Wildman–Crippen LogP) is 1.97. The zero-order valence-electron chi connectivity index (χ0n) is 17.5. The molecule has 160 valence electrons. The van der Waals surface area contributed by atoms with E-state index in [1.165, 1.54) is 18.4 Å². The number of benzene rings is 1. The van der Waals surface area contributed by atoms with Gasteiger partial charge in [-0.1, -0.05) is 30.3 Å². The number of methoxy groups -OCH3 is 1. The third kappa shape index (κ3) is 4.63. The second kappa shape index (κ2) is 9.53. The maximum Gasteiger partial charge on any atom is 0.223 e. The Morgan fingerprint density at radius 3 is 2.73 bits per heavy atom. The van der Waals surface area contributed by atoms with E-state index in [1.807, 2.05) is 18.2 Å². The number of carbonyl (C=O) groups is 1. The van der Waals surface area contributed by atoms with Crippen molar-refractivity contribution in [2.24, 2.45) is 5.92 Å². The van der Waals surface area contributed by atoms with E-state index in [0.717, 1.165) is 62.4 Å². The molecule has 2 aliphatic rings. The van der Waals surface area contributed by atoms with Crippen molar-refractivity contribution in [2.75, 3.05) is 38.3 Å². The third-order valence-electron chi connectivity index (χ3n) is 5.98. The first-order chi connectivity index (χ1) is 14.7. The number of aliphatic hydroxyl groups excluding tert-OH is 1. The normalized spacial score (nSPS) is 17.6. The molecule has 2 aromatic rings. The molecule has 1 aromatic heterocycles. The molecule has 2 heterocycles. The molecule has 1 aromatic carbocycles. The first-order valence-corrected chi connectivity index (χ1v) is 10.8. The Kier molecular flexibility index (Phi) is 6.59. The van der Waals surface area contributed by atoms with Gasteiger partial charge < -0.3 is 20.1 Å². The highest BCUT2D eigenvalue weighted by molar-refractivity contribution is 5.79. The number of nitrogens with one attached hydrogen (secondary N) is 1. The first-order valence-electron chi connectivity index (χ1n) is 10.8. The molecule has 2 N–H and O–H groups in total. The van der Waals surface area contributed by atoms with E-state index in [4.69, 9.17) is 14.7 Å². The van der Waals surface area contributed by atoms with Gasteiger partial charge in [0, 0.05) is 49.5 Å². The van der Waals surface area contributed by atoms with Crippen LogP contribution >= 0.6 is 0 Å². The summed E-state index contributed by atoms with van der Waals surface area (Å²) in [6.45, 7) is 2.06. The van der Waals surface area contributed by atoms with Gasteiger partial charge in [0.1, 0.15) is 5.82 Å². The fourth-order valence-corrected chi connectivity index (χ4v) is 4.36. The number of carbonyl (C=O) groups excluding carboxylic acids is 1. The number of amides is 1. The summed E-state index contributed by atoms with van der Waals surface area (Å²) in [5, 5.41) is 12.6. The maximum atomic E-state index is 12.5. The van der Waals surface area contributed by atoms with Crippen LogP contribution in [0.2, 0.25) is 0 Å². The molecule has 1 aliphatic heterocycles. The number of piperidine rings is 1. The van der Waals surface area contributed by atoms with Crippen molar-refractivity contribution in [3.63, 3.8) is 0 Å². The molecule has 7 heteroatoms. The number of anilines is 1. The van der Waals surface area contributed by atoms with Crippen molar-refractivity contribution in [1.29, 1.82) is 0 Å². The number of hydrogen-bond donors (Lipinski definition) is 2. The Morgan fingerprint density at radius 1 is 1.23 bits per heavy atom. The second-order valence-electron chi connectivity index (χ2n) is 8.13. The van der Waals surface area contributed by atoms with Crippen LogP contribution in [0.3, 0.4) is 0 Å². The molecule has 1 saturated heterocycles. The molecule has 30 heavy (non-hydrogen) atoms. The number of aromatic nitrogens is 2. The highest BCUT2D eigenvalue weighted by Crippen LogP contribution is 2.33. The summed E-state index contributed by atoms with van der Waals surface area (Å²) in [6.07, 6.45) is 4.05. The van der Waals surface area contributed by atoms with Crippen molar-refractivity contribution in [3.8, 4) is 11.4 Å². The molecular formula is C23H30N4O3. The molecule has 0 bridgehead atoms. The SMILES string of the molecule is COCC(O)CNC(=O)C1CCN(c2nc(-c3ccccc3)nc3c2CCC3)CC1. The fourth-order valence-electron chi connectivity index (χ4n) is 4.36. The molecular weight excluding hydrogens is 380 g/mol. The van der Waals surface area contributed by atoms with Gasteiger partial charge in [-0.2, -0.15) is 0 Å². The number of rotatable bonds is 7. The van der Waals surface area contributed by atoms with E-state index in [9.17, 15) is 9.90 Å². The van der Waals surface area contributed by atoms with Gasteiger partial charge in [-0.15, -0.1) is 0 Å². The second-order valence-corrected chi connectivity index (χ2v) is 8.13. The van der Waals surface area contributed by atoms with Crippen molar-refractivity contribution >= 4 is 11.7 Å². The Bertz CT molecular complexity index is 866. The Morgan fingerprint density at radius 2 is 2.00 bits per heavy atom. The number of fused-ring (bicyclic) bond motifs is 1. The summed E-state index contributed by atoms with van der Waals surface area (Å²) in [5.74, 6) is 1.83. The van der Waals surface area contributed by atoms with Gasteiger partial charge in [0.15, 0.2) is 5.82 Å². The number of aliphatic hydroxyl groups is 1. The average Bonchev–Trinajstić information content (AvgIpc) is 3.26. The van der Waals surface area contributed by atoms with E-state index in [-0.39, 0.29) is 25.0 Å². The topological polar surface area (TPSA) is 87.6 Å². The lowest BCUT2D eigenvalue weighted by molar-refractivity contribution is -0.126. The van der Waals surface area contributed by atoms with Crippen LogP contribution in [0, 0.1) is 5.92 Å². The lowest BCUT2D eigenvalue weighted by atomic mass is 9.95. The standard InChI is InChI=1S/C23H30N4O3/c1-30-15-18(28)14-24-23(29)17-10-12-27(13-11-17)22-19-8-5-9-20(19)25-21(26-22)16-6-3-2-4-7-16/h2-4,6-7,17-18,28H,5,8-15H2,1H3,(H,24,29). The minimum atomic E-state index is -0.668. The molecule has 1 atom stereocenters. The van der Waals surface area contributed by atoms with Gasteiger partial charge in [-0.3, -0.25) is 4.79 Å². The fraction of sp³-hybridized carbons (Fsp3) is 0.522. The molecule has 1 fully saturated rings. The smallest absolute Gasteiger partial charge is 0.223 e. The van der Waals surface area contributed by atoms with Crippen molar-refractivity contribution in [3.05, 3.63) is 41.6 Å². The van der Waals surface area contributed by atoms with Crippen LogP contribution in [-0.2, 0) is 22.4 Å². The lowest BCUT2D eigenvalue weighted by Gasteiger charge is -2.33. The van der Waals surface area contributed by atoms with Gasteiger partial charge in [-0.05, 0) is 32.1 Å². The van der Waals surface area contributed by atoms with Gasteiger partial charge >= 0.3 is 0 Å². The molecule has 0 radical (unpaired) electrons.